The number of carbonyl (C=O) groups is 5. The average Bonchev–Trinajstić information content (AvgIpc) is 3.27. The van der Waals surface area contributed by atoms with Crippen LogP contribution in [0.2, 0.25) is 0 Å². The predicted molar refractivity (Wildman–Crippen MR) is 158 cm³/mol. The van der Waals surface area contributed by atoms with E-state index < -0.39 is 59.3 Å². The molecule has 0 unspecified atom stereocenters. The molecular weight excluding hydrogens is 568 g/mol. The number of nitrogens with one attached hydrogen (secondary N) is 2. The molecule has 1 saturated carbocycles. The Labute approximate surface area is 257 Å². The van der Waals surface area contributed by atoms with Gasteiger partial charge in [0.15, 0.2) is 0 Å². The van der Waals surface area contributed by atoms with Gasteiger partial charge in [-0.3, -0.25) is 14.5 Å². The van der Waals surface area contributed by atoms with Crippen LogP contribution in [-0.2, 0) is 36.9 Å². The molecule has 0 bridgehead atoms. The van der Waals surface area contributed by atoms with Gasteiger partial charge >= 0.3 is 18.2 Å². The van der Waals surface area contributed by atoms with E-state index in [9.17, 15) is 29.1 Å². The van der Waals surface area contributed by atoms with Gasteiger partial charge in [-0.2, -0.15) is 0 Å². The van der Waals surface area contributed by atoms with Crippen LogP contribution in [-0.4, -0.2) is 80.7 Å². The number of carboxylic acids is 1. The first-order chi connectivity index (χ1) is 20.9. The summed E-state index contributed by atoms with van der Waals surface area (Å²) in [6.45, 7) is 5.89. The van der Waals surface area contributed by atoms with Crippen molar-refractivity contribution in [2.45, 2.75) is 108 Å². The number of aliphatic carboxylic acids is 1. The molecule has 3 aliphatic heterocycles. The summed E-state index contributed by atoms with van der Waals surface area (Å²) in [4.78, 5) is 68.8. The van der Waals surface area contributed by atoms with Crippen molar-refractivity contribution >= 4 is 30.0 Å². The van der Waals surface area contributed by atoms with Crippen LogP contribution in [0.25, 0.3) is 0 Å². The Morgan fingerprint density at radius 3 is 2.43 bits per heavy atom. The monoisotopic (exact) mass is 610 g/mol. The molecule has 4 amide bonds. The number of amides is 4. The second kappa shape index (κ2) is 12.5. The maximum absolute atomic E-state index is 14.0. The van der Waals surface area contributed by atoms with Crippen molar-refractivity contribution in [2.24, 2.45) is 5.92 Å². The summed E-state index contributed by atoms with van der Waals surface area (Å²) >= 11 is 0. The summed E-state index contributed by atoms with van der Waals surface area (Å²) in [6, 6.07) is 5.65. The van der Waals surface area contributed by atoms with Gasteiger partial charge in [0.25, 0.3) is 0 Å². The zero-order chi connectivity index (χ0) is 31.6. The van der Waals surface area contributed by atoms with E-state index in [-0.39, 0.29) is 25.3 Å². The highest BCUT2D eigenvalue weighted by Crippen LogP contribution is 2.45. The number of alkyl carbamates (subject to hydrolysis) is 1. The van der Waals surface area contributed by atoms with Crippen LogP contribution in [0.3, 0.4) is 0 Å². The van der Waals surface area contributed by atoms with Crippen molar-refractivity contribution in [2.75, 3.05) is 6.54 Å². The lowest BCUT2D eigenvalue weighted by molar-refractivity contribution is -0.145. The predicted octanol–water partition coefficient (Wildman–Crippen LogP) is 3.48. The zero-order valence-corrected chi connectivity index (χ0v) is 25.5. The average molecular weight is 611 g/mol. The molecule has 12 heteroatoms. The van der Waals surface area contributed by atoms with Gasteiger partial charge in [0.1, 0.15) is 29.3 Å². The first-order valence-electron chi connectivity index (χ1n) is 15.4. The van der Waals surface area contributed by atoms with E-state index in [2.05, 4.69) is 10.6 Å². The summed E-state index contributed by atoms with van der Waals surface area (Å²) in [6.07, 6.45) is 5.25. The third kappa shape index (κ3) is 7.00. The van der Waals surface area contributed by atoms with Crippen molar-refractivity contribution in [1.82, 2.24) is 20.4 Å². The van der Waals surface area contributed by atoms with Gasteiger partial charge in [-0.05, 0) is 57.6 Å². The molecule has 12 nitrogen and oxygen atoms in total. The number of hydrogen-bond donors (Lipinski definition) is 3. The number of carboxylic acid groups (broad SMARTS) is 1. The minimum atomic E-state index is -1.45. The van der Waals surface area contributed by atoms with Crippen molar-refractivity contribution in [3.8, 4) is 0 Å². The van der Waals surface area contributed by atoms with Gasteiger partial charge in [-0.15, -0.1) is 0 Å². The number of allylic oxidation sites excluding steroid dienone is 1. The van der Waals surface area contributed by atoms with Crippen molar-refractivity contribution in [3.63, 3.8) is 0 Å². The van der Waals surface area contributed by atoms with Gasteiger partial charge in [-0.1, -0.05) is 49.3 Å². The highest BCUT2D eigenvalue weighted by Gasteiger charge is 2.61. The van der Waals surface area contributed by atoms with Crippen LogP contribution < -0.4 is 10.6 Å². The normalized spacial score (nSPS) is 29.6. The summed E-state index contributed by atoms with van der Waals surface area (Å²) in [7, 11) is 0. The van der Waals surface area contributed by atoms with E-state index in [1.54, 1.807) is 25.7 Å². The first kappa shape index (κ1) is 31.3. The molecule has 1 saturated heterocycles. The van der Waals surface area contributed by atoms with Crippen LogP contribution in [0.1, 0.15) is 76.8 Å². The second-order valence-corrected chi connectivity index (χ2v) is 13.2. The Balaban J connectivity index is 1.37. The van der Waals surface area contributed by atoms with Crippen LogP contribution in [0, 0.1) is 5.92 Å². The molecule has 1 aromatic rings. The molecule has 2 fully saturated rings. The SMILES string of the molecule is CC(C)(C)OC(=O)N[C@H]1CCCCC/C=C/[C@@H]2C[C@@]2(C(=O)O)NC(=O)[C@@H]2C[C@@H](OC(=O)N3Cc4ccccc4C3)CN2C1=O. The number of fused-ring (bicyclic) bond motifs is 3. The van der Waals surface area contributed by atoms with E-state index in [0.717, 1.165) is 30.4 Å². The summed E-state index contributed by atoms with van der Waals surface area (Å²) in [5, 5.41) is 15.4. The fourth-order valence-corrected chi connectivity index (χ4v) is 6.28. The molecule has 4 aliphatic rings. The number of ether oxygens (including phenoxy) is 2. The summed E-state index contributed by atoms with van der Waals surface area (Å²) in [5.41, 5.74) is -0.176. The third-order valence-electron chi connectivity index (χ3n) is 8.68. The lowest BCUT2D eigenvalue weighted by atomic mass is 10.0. The largest absolute Gasteiger partial charge is 0.479 e. The molecule has 5 rings (SSSR count). The molecule has 1 aliphatic carbocycles. The van der Waals surface area contributed by atoms with Crippen LogP contribution >= 0.6 is 0 Å². The first-order valence-corrected chi connectivity index (χ1v) is 15.4. The molecule has 0 spiro atoms. The van der Waals surface area contributed by atoms with Gasteiger partial charge in [0.2, 0.25) is 11.8 Å². The molecule has 44 heavy (non-hydrogen) atoms. The maximum Gasteiger partial charge on any atom is 0.410 e. The van der Waals surface area contributed by atoms with Crippen molar-refractivity contribution in [1.29, 1.82) is 0 Å². The van der Waals surface area contributed by atoms with E-state index in [0.29, 0.717) is 25.9 Å². The van der Waals surface area contributed by atoms with Gasteiger partial charge in [-0.25, -0.2) is 14.4 Å². The number of rotatable bonds is 3. The van der Waals surface area contributed by atoms with E-state index in [1.165, 1.54) is 4.90 Å². The van der Waals surface area contributed by atoms with Crippen LogP contribution in [0.15, 0.2) is 36.4 Å². The van der Waals surface area contributed by atoms with Crippen LogP contribution in [0.5, 0.6) is 0 Å². The second-order valence-electron chi connectivity index (χ2n) is 13.2. The maximum atomic E-state index is 14.0. The smallest absolute Gasteiger partial charge is 0.410 e. The quantitative estimate of drug-likeness (QED) is 0.440. The Morgan fingerprint density at radius 2 is 1.77 bits per heavy atom. The molecular formula is C32H42N4O8. The lowest BCUT2D eigenvalue weighted by Crippen LogP contribution is -2.56. The molecule has 0 aromatic heterocycles. The fraction of sp³-hybridized carbons (Fsp3) is 0.594. The lowest BCUT2D eigenvalue weighted by Gasteiger charge is -2.30. The number of hydrogen-bond acceptors (Lipinski definition) is 7. The number of carbonyl (C=O) groups excluding carboxylic acids is 4. The molecule has 0 radical (unpaired) electrons. The summed E-state index contributed by atoms with van der Waals surface area (Å²) in [5.74, 6) is -2.63. The van der Waals surface area contributed by atoms with Gasteiger partial charge < -0.3 is 30.1 Å². The van der Waals surface area contributed by atoms with Crippen LogP contribution in [0.4, 0.5) is 9.59 Å². The minimum absolute atomic E-state index is 0.000531. The summed E-state index contributed by atoms with van der Waals surface area (Å²) < 4.78 is 11.2. The topological polar surface area (TPSA) is 155 Å². The fourth-order valence-electron chi connectivity index (χ4n) is 6.28. The molecule has 238 valence electrons. The third-order valence-corrected chi connectivity index (χ3v) is 8.68. The van der Waals surface area contributed by atoms with Gasteiger partial charge in [0.05, 0.1) is 6.54 Å². The number of benzene rings is 1. The Morgan fingerprint density at radius 1 is 1.07 bits per heavy atom. The van der Waals surface area contributed by atoms with E-state index in [1.807, 2.05) is 36.4 Å². The molecule has 5 atom stereocenters. The van der Waals surface area contributed by atoms with Crippen molar-refractivity contribution in [3.05, 3.63) is 47.5 Å². The standard InChI is InChI=1S/C32H42N4O8/c1-31(2,3)44-29(41)33-24-14-8-6-4-5-7-13-22-16-32(22,28(39)40)34-26(37)25-15-23(19-36(25)27(24)38)43-30(42)35-17-20-11-9-10-12-21(20)18-35/h7,9-13,22-25H,4-6,8,14-19H2,1-3H3,(H,33,41)(H,34,37)(H,39,40)/b13-7+/t22-,23-,24+,25+,32-/m1/s1. The molecule has 3 N–H and O–H groups in total. The highest BCUT2D eigenvalue weighted by molar-refractivity contribution is 5.96. The minimum Gasteiger partial charge on any atom is -0.479 e. The molecule has 3 heterocycles. The number of nitrogens with zero attached hydrogens (tertiary/aromatic N) is 2. The highest BCUT2D eigenvalue weighted by atomic mass is 16.6. The Kier molecular flexibility index (Phi) is 8.90. The van der Waals surface area contributed by atoms with E-state index in [4.69, 9.17) is 9.47 Å². The Hall–Kier alpha value is -4.09. The Bertz CT molecular complexity index is 1310. The van der Waals surface area contributed by atoms with E-state index >= 15 is 0 Å². The van der Waals surface area contributed by atoms with Gasteiger partial charge in [0, 0.05) is 25.4 Å². The molecule has 1 aromatic carbocycles. The zero-order valence-electron chi connectivity index (χ0n) is 25.5. The van der Waals surface area contributed by atoms with Crippen molar-refractivity contribution < 1.29 is 38.6 Å².